The fraction of sp³-hybridized carbons (Fsp3) is 0.455. The van der Waals surface area contributed by atoms with Gasteiger partial charge in [-0.25, -0.2) is 0 Å². The van der Waals surface area contributed by atoms with Crippen molar-refractivity contribution >= 4 is 11.6 Å². The molecular weight excluding hydrogens is 210 g/mol. The van der Waals surface area contributed by atoms with Crippen molar-refractivity contribution in [1.82, 2.24) is 9.88 Å². The second-order valence-corrected chi connectivity index (χ2v) is 3.65. The minimum absolute atomic E-state index is 0.552. The molecule has 0 atom stereocenters. The third-order valence-corrected chi connectivity index (χ3v) is 2.58. The van der Waals surface area contributed by atoms with E-state index in [4.69, 9.17) is 16.9 Å². The van der Waals surface area contributed by atoms with Crippen LogP contribution in [0.4, 0.5) is 0 Å². The van der Waals surface area contributed by atoms with Crippen LogP contribution in [0.1, 0.15) is 18.9 Å². The van der Waals surface area contributed by atoms with E-state index >= 15 is 0 Å². The molecule has 0 saturated heterocycles. The highest BCUT2D eigenvalue weighted by Crippen LogP contribution is 2.15. The summed E-state index contributed by atoms with van der Waals surface area (Å²) in [6.07, 6.45) is 3.94. The lowest BCUT2D eigenvalue weighted by molar-refractivity contribution is 0.287. The van der Waals surface area contributed by atoms with Gasteiger partial charge in [0.25, 0.3) is 0 Å². The largest absolute Gasteiger partial charge is 0.298 e. The molecule has 0 amide bonds. The molecule has 0 unspecified atom stereocenters. The minimum Gasteiger partial charge on any atom is -0.298 e. The standard InChI is InChI=1S/C11H14ClN3/c1-2-15(7-3-5-13)9-10-4-6-14-8-11(10)12/h4,6,8H,2-3,7,9H2,1H3. The zero-order chi connectivity index (χ0) is 11.1. The highest BCUT2D eigenvalue weighted by atomic mass is 35.5. The van der Waals surface area contributed by atoms with Gasteiger partial charge in [-0.05, 0) is 18.2 Å². The minimum atomic E-state index is 0.552. The number of aromatic nitrogens is 1. The maximum atomic E-state index is 8.52. The summed E-state index contributed by atoms with van der Waals surface area (Å²) in [5, 5.41) is 9.21. The van der Waals surface area contributed by atoms with Gasteiger partial charge in [0.2, 0.25) is 0 Å². The van der Waals surface area contributed by atoms with Crippen LogP contribution in [0.2, 0.25) is 5.02 Å². The van der Waals surface area contributed by atoms with Crippen molar-refractivity contribution in [1.29, 1.82) is 5.26 Å². The highest BCUT2D eigenvalue weighted by Gasteiger charge is 2.05. The SMILES string of the molecule is CCN(CCC#N)Cc1ccncc1Cl. The number of halogens is 1. The first kappa shape index (κ1) is 12.0. The van der Waals surface area contributed by atoms with Crippen LogP contribution < -0.4 is 0 Å². The smallest absolute Gasteiger partial charge is 0.0635 e. The molecule has 15 heavy (non-hydrogen) atoms. The van der Waals surface area contributed by atoms with Gasteiger partial charge >= 0.3 is 0 Å². The average molecular weight is 224 g/mol. The predicted molar refractivity (Wildman–Crippen MR) is 60.4 cm³/mol. The Balaban J connectivity index is 2.59. The van der Waals surface area contributed by atoms with Crippen LogP contribution in [0, 0.1) is 11.3 Å². The molecule has 0 bridgehead atoms. The summed E-state index contributed by atoms with van der Waals surface area (Å²) in [7, 11) is 0. The van der Waals surface area contributed by atoms with E-state index in [1.807, 2.05) is 6.07 Å². The van der Waals surface area contributed by atoms with Crippen molar-refractivity contribution < 1.29 is 0 Å². The van der Waals surface area contributed by atoms with E-state index in [1.165, 1.54) is 0 Å². The molecular formula is C11H14ClN3. The average Bonchev–Trinajstić information content (AvgIpc) is 2.26. The molecule has 0 aliphatic heterocycles. The molecule has 80 valence electrons. The number of hydrogen-bond donors (Lipinski definition) is 0. The van der Waals surface area contributed by atoms with Gasteiger partial charge in [-0.1, -0.05) is 18.5 Å². The molecule has 1 aromatic rings. The Labute approximate surface area is 95.3 Å². The molecule has 3 nitrogen and oxygen atoms in total. The van der Waals surface area contributed by atoms with Gasteiger partial charge in [-0.2, -0.15) is 5.26 Å². The number of pyridine rings is 1. The van der Waals surface area contributed by atoms with Gasteiger partial charge in [0, 0.05) is 31.9 Å². The third kappa shape index (κ3) is 3.86. The van der Waals surface area contributed by atoms with Gasteiger partial charge < -0.3 is 0 Å². The summed E-state index contributed by atoms with van der Waals surface area (Å²) in [6.45, 7) is 4.55. The van der Waals surface area contributed by atoms with Crippen LogP contribution in [-0.2, 0) is 6.54 Å². The first-order valence-electron chi connectivity index (χ1n) is 4.95. The van der Waals surface area contributed by atoms with E-state index in [-0.39, 0.29) is 0 Å². The normalized spacial score (nSPS) is 10.3. The zero-order valence-corrected chi connectivity index (χ0v) is 9.54. The van der Waals surface area contributed by atoms with Crippen LogP contribution in [-0.4, -0.2) is 23.0 Å². The van der Waals surface area contributed by atoms with E-state index in [1.54, 1.807) is 12.4 Å². The topological polar surface area (TPSA) is 39.9 Å². The fourth-order valence-electron chi connectivity index (χ4n) is 1.33. The zero-order valence-electron chi connectivity index (χ0n) is 8.78. The van der Waals surface area contributed by atoms with Crippen molar-refractivity contribution in [2.24, 2.45) is 0 Å². The molecule has 0 N–H and O–H groups in total. The maximum absolute atomic E-state index is 8.52. The number of nitrogens with zero attached hydrogens (tertiary/aromatic N) is 3. The fourth-order valence-corrected chi connectivity index (χ4v) is 1.51. The van der Waals surface area contributed by atoms with E-state index in [0.29, 0.717) is 11.4 Å². The Kier molecular flexibility index (Phi) is 5.09. The monoisotopic (exact) mass is 223 g/mol. The number of nitriles is 1. The van der Waals surface area contributed by atoms with Crippen LogP contribution in [0.25, 0.3) is 0 Å². The molecule has 1 rings (SSSR count). The summed E-state index contributed by atoms with van der Waals surface area (Å²) in [5.41, 5.74) is 1.06. The molecule has 1 heterocycles. The Hall–Kier alpha value is -1.11. The second-order valence-electron chi connectivity index (χ2n) is 3.24. The molecule has 1 aromatic heterocycles. The van der Waals surface area contributed by atoms with Crippen molar-refractivity contribution in [3.8, 4) is 6.07 Å². The van der Waals surface area contributed by atoms with E-state index in [0.717, 1.165) is 25.2 Å². The third-order valence-electron chi connectivity index (χ3n) is 2.24. The quantitative estimate of drug-likeness (QED) is 0.770. The van der Waals surface area contributed by atoms with E-state index < -0.39 is 0 Å². The molecule has 0 aromatic carbocycles. The Morgan fingerprint density at radius 3 is 3.00 bits per heavy atom. The number of rotatable bonds is 5. The van der Waals surface area contributed by atoms with Crippen LogP contribution >= 0.6 is 11.6 Å². The molecule has 0 fully saturated rings. The van der Waals surface area contributed by atoms with Crippen molar-refractivity contribution in [3.05, 3.63) is 29.0 Å². The Morgan fingerprint density at radius 1 is 1.60 bits per heavy atom. The maximum Gasteiger partial charge on any atom is 0.0635 e. The van der Waals surface area contributed by atoms with Crippen molar-refractivity contribution in [3.63, 3.8) is 0 Å². The first-order chi connectivity index (χ1) is 7.27. The molecule has 4 heteroatoms. The van der Waals surface area contributed by atoms with Gasteiger partial charge in [-0.15, -0.1) is 0 Å². The van der Waals surface area contributed by atoms with Gasteiger partial charge in [-0.3, -0.25) is 9.88 Å². The highest BCUT2D eigenvalue weighted by molar-refractivity contribution is 6.31. The van der Waals surface area contributed by atoms with Crippen molar-refractivity contribution in [2.75, 3.05) is 13.1 Å². The summed E-state index contributed by atoms with van der Waals surface area (Å²) < 4.78 is 0. The Bertz CT molecular complexity index is 346. The van der Waals surface area contributed by atoms with Crippen LogP contribution in [0.5, 0.6) is 0 Å². The summed E-state index contributed by atoms with van der Waals surface area (Å²) in [6, 6.07) is 4.06. The molecule has 0 aliphatic carbocycles. The van der Waals surface area contributed by atoms with Gasteiger partial charge in [0.05, 0.1) is 11.1 Å². The first-order valence-corrected chi connectivity index (χ1v) is 5.33. The lowest BCUT2D eigenvalue weighted by Crippen LogP contribution is -2.23. The molecule has 0 saturated carbocycles. The van der Waals surface area contributed by atoms with Crippen LogP contribution in [0.15, 0.2) is 18.5 Å². The summed E-state index contributed by atoms with van der Waals surface area (Å²) in [5.74, 6) is 0. The van der Waals surface area contributed by atoms with Gasteiger partial charge in [0.15, 0.2) is 0 Å². The van der Waals surface area contributed by atoms with Crippen LogP contribution in [0.3, 0.4) is 0 Å². The number of hydrogen-bond acceptors (Lipinski definition) is 3. The second kappa shape index (κ2) is 6.39. The Morgan fingerprint density at radius 2 is 2.40 bits per heavy atom. The molecule has 0 spiro atoms. The van der Waals surface area contributed by atoms with Crippen molar-refractivity contribution in [2.45, 2.75) is 19.9 Å². The van der Waals surface area contributed by atoms with E-state index in [2.05, 4.69) is 22.9 Å². The summed E-state index contributed by atoms with van der Waals surface area (Å²) >= 11 is 6.01. The predicted octanol–water partition coefficient (Wildman–Crippen LogP) is 2.47. The lowest BCUT2D eigenvalue weighted by atomic mass is 10.2. The lowest BCUT2D eigenvalue weighted by Gasteiger charge is -2.19. The molecule has 0 aliphatic rings. The van der Waals surface area contributed by atoms with Gasteiger partial charge in [0.1, 0.15) is 0 Å². The van der Waals surface area contributed by atoms with E-state index in [9.17, 15) is 0 Å². The summed E-state index contributed by atoms with van der Waals surface area (Å²) in [4.78, 5) is 6.12. The molecule has 0 radical (unpaired) electrons.